The van der Waals surface area contributed by atoms with Gasteiger partial charge in [0.1, 0.15) is 0 Å². The Kier molecular flexibility index (Phi) is 4.86. The van der Waals surface area contributed by atoms with Crippen LogP contribution in [0.1, 0.15) is 44.1 Å². The predicted molar refractivity (Wildman–Crippen MR) is 94.4 cm³/mol. The van der Waals surface area contributed by atoms with E-state index in [0.29, 0.717) is 29.2 Å². The van der Waals surface area contributed by atoms with E-state index in [1.54, 1.807) is 31.2 Å². The lowest BCUT2D eigenvalue weighted by Crippen LogP contribution is -2.35. The molecule has 2 N–H and O–H groups in total. The number of nitrogens with zero attached hydrogens (tertiary/aromatic N) is 1. The fraction of sp³-hybridized carbons (Fsp3) is 0.368. The zero-order valence-corrected chi connectivity index (χ0v) is 14.7. The number of benzene rings is 1. The summed E-state index contributed by atoms with van der Waals surface area (Å²) in [5.41, 5.74) is 2.23. The molecule has 0 amide bonds. The summed E-state index contributed by atoms with van der Waals surface area (Å²) in [6.45, 7) is 2.42. The van der Waals surface area contributed by atoms with Crippen molar-refractivity contribution in [3.63, 3.8) is 0 Å². The fourth-order valence-corrected chi connectivity index (χ4v) is 4.07. The monoisotopic (exact) mass is 361 g/mol. The molecule has 2 aliphatic heterocycles. The molecule has 1 aromatic carbocycles. The highest BCUT2D eigenvalue weighted by Crippen LogP contribution is 2.44. The quantitative estimate of drug-likeness (QED) is 0.850. The maximum absolute atomic E-state index is 12.1. The van der Waals surface area contributed by atoms with Crippen molar-refractivity contribution in [3.8, 4) is 0 Å². The number of halogens is 1. The van der Waals surface area contributed by atoms with Crippen LogP contribution >= 0.6 is 11.6 Å². The number of rotatable bonds is 3. The molecule has 132 valence electrons. The summed E-state index contributed by atoms with van der Waals surface area (Å²) in [6.07, 6.45) is 3.47. The summed E-state index contributed by atoms with van der Waals surface area (Å²) >= 11 is 6.08. The lowest BCUT2D eigenvalue weighted by Gasteiger charge is -2.37. The van der Waals surface area contributed by atoms with E-state index >= 15 is 0 Å². The second kappa shape index (κ2) is 6.92. The van der Waals surface area contributed by atoms with Crippen molar-refractivity contribution in [2.24, 2.45) is 0 Å². The van der Waals surface area contributed by atoms with Gasteiger partial charge in [-0.2, -0.15) is 0 Å². The van der Waals surface area contributed by atoms with Crippen LogP contribution in [0.2, 0.25) is 5.02 Å². The number of fused-ring (bicyclic) bond motifs is 1. The number of aliphatic carboxylic acids is 2. The summed E-state index contributed by atoms with van der Waals surface area (Å²) in [5, 5.41) is 20.2. The van der Waals surface area contributed by atoms with Crippen molar-refractivity contribution in [2.45, 2.75) is 38.5 Å². The first-order valence-electron chi connectivity index (χ1n) is 8.35. The van der Waals surface area contributed by atoms with E-state index in [1.807, 2.05) is 4.90 Å². The van der Waals surface area contributed by atoms with Gasteiger partial charge in [-0.05, 0) is 43.9 Å². The topological polar surface area (TPSA) is 77.8 Å². The number of carboxylic acids is 2. The Bertz CT molecular complexity index is 796. The maximum Gasteiger partial charge on any atom is 0.334 e. The number of hydrogen-bond donors (Lipinski definition) is 2. The summed E-state index contributed by atoms with van der Waals surface area (Å²) < 4.78 is 0. The third-order valence-corrected chi connectivity index (χ3v) is 5.18. The molecular formula is C19H20ClNO4. The second-order valence-electron chi connectivity index (χ2n) is 6.42. The van der Waals surface area contributed by atoms with Crippen LogP contribution in [0.5, 0.6) is 0 Å². The Morgan fingerprint density at radius 3 is 2.48 bits per heavy atom. The summed E-state index contributed by atoms with van der Waals surface area (Å²) in [4.78, 5) is 26.1. The number of carboxylic acid groups (broad SMARTS) is 2. The van der Waals surface area contributed by atoms with Gasteiger partial charge in [0.25, 0.3) is 0 Å². The number of allylic oxidation sites excluding steroid dienone is 2. The lowest BCUT2D eigenvalue weighted by atomic mass is 9.79. The molecule has 2 aliphatic rings. The van der Waals surface area contributed by atoms with Crippen molar-refractivity contribution in [1.82, 2.24) is 4.90 Å². The first kappa shape index (κ1) is 17.5. The third-order valence-electron chi connectivity index (χ3n) is 4.95. The Labute approximate surface area is 151 Å². The molecule has 1 aromatic rings. The molecule has 0 aliphatic carbocycles. The average Bonchev–Trinajstić information content (AvgIpc) is 2.79. The van der Waals surface area contributed by atoms with Crippen molar-refractivity contribution >= 4 is 23.5 Å². The van der Waals surface area contributed by atoms with Gasteiger partial charge in [-0.15, -0.1) is 0 Å². The first-order chi connectivity index (χ1) is 11.9. The molecule has 0 saturated carbocycles. The molecule has 1 fully saturated rings. The summed E-state index contributed by atoms with van der Waals surface area (Å²) in [7, 11) is 0. The molecule has 1 atom stereocenters. The molecule has 25 heavy (non-hydrogen) atoms. The van der Waals surface area contributed by atoms with E-state index in [4.69, 9.17) is 11.6 Å². The Morgan fingerprint density at radius 1 is 1.12 bits per heavy atom. The van der Waals surface area contributed by atoms with E-state index in [9.17, 15) is 19.8 Å². The first-order valence-corrected chi connectivity index (χ1v) is 8.73. The number of carbonyl (C=O) groups is 2. The smallest absolute Gasteiger partial charge is 0.334 e. The second-order valence-corrected chi connectivity index (χ2v) is 6.86. The molecule has 1 unspecified atom stereocenters. The van der Waals surface area contributed by atoms with Gasteiger partial charge in [0.2, 0.25) is 0 Å². The largest absolute Gasteiger partial charge is 0.478 e. The fourth-order valence-electron chi connectivity index (χ4n) is 3.87. The van der Waals surface area contributed by atoms with Crippen molar-refractivity contribution in [2.75, 3.05) is 6.54 Å². The van der Waals surface area contributed by atoms with Crippen LogP contribution in [0.25, 0.3) is 0 Å². The van der Waals surface area contributed by atoms with Gasteiger partial charge in [-0.3, -0.25) is 0 Å². The van der Waals surface area contributed by atoms with Crippen molar-refractivity contribution in [1.29, 1.82) is 0 Å². The van der Waals surface area contributed by atoms with Crippen LogP contribution < -0.4 is 0 Å². The van der Waals surface area contributed by atoms with Gasteiger partial charge in [0.05, 0.1) is 17.1 Å². The maximum atomic E-state index is 12.1. The van der Waals surface area contributed by atoms with Crippen molar-refractivity contribution in [3.05, 3.63) is 57.4 Å². The Hall–Kier alpha value is -2.27. The summed E-state index contributed by atoms with van der Waals surface area (Å²) in [6, 6.07) is 6.80. The van der Waals surface area contributed by atoms with Crippen LogP contribution in [-0.4, -0.2) is 33.6 Å². The minimum absolute atomic E-state index is 0.116. The predicted octanol–water partition coefficient (Wildman–Crippen LogP) is 4.01. The standard InChI is InChI=1S/C19H20ClNO4/c1-11-15(18(22)23)16(12-6-5-7-13(20)10-12)17(19(24)25)14-8-3-2-4-9-21(11)14/h5-7,10,16H,2-4,8-9H2,1H3,(H,22,23)(H,24,25). The average molecular weight is 362 g/mol. The van der Waals surface area contributed by atoms with Gasteiger partial charge >= 0.3 is 11.9 Å². The third kappa shape index (κ3) is 3.16. The zero-order chi connectivity index (χ0) is 18.1. The Balaban J connectivity index is 2.28. The van der Waals surface area contributed by atoms with Gasteiger partial charge in [-0.25, -0.2) is 9.59 Å². The lowest BCUT2D eigenvalue weighted by molar-refractivity contribution is -0.133. The SMILES string of the molecule is CC1=C(C(=O)O)C(c2cccc(Cl)c2)C(C(=O)O)=C2CCCCCN12. The number of hydrogen-bond acceptors (Lipinski definition) is 3. The van der Waals surface area contributed by atoms with Gasteiger partial charge < -0.3 is 15.1 Å². The highest BCUT2D eigenvalue weighted by atomic mass is 35.5. The van der Waals surface area contributed by atoms with Gasteiger partial charge in [0.15, 0.2) is 0 Å². The highest BCUT2D eigenvalue weighted by molar-refractivity contribution is 6.30. The molecule has 5 nitrogen and oxygen atoms in total. The molecule has 0 radical (unpaired) electrons. The molecule has 0 spiro atoms. The van der Waals surface area contributed by atoms with Gasteiger partial charge in [-0.1, -0.05) is 30.2 Å². The van der Waals surface area contributed by atoms with E-state index in [-0.39, 0.29) is 11.1 Å². The van der Waals surface area contributed by atoms with E-state index < -0.39 is 17.9 Å². The minimum atomic E-state index is -1.09. The minimum Gasteiger partial charge on any atom is -0.478 e. The van der Waals surface area contributed by atoms with Crippen molar-refractivity contribution < 1.29 is 19.8 Å². The van der Waals surface area contributed by atoms with E-state index in [1.165, 1.54) is 0 Å². The molecule has 0 bridgehead atoms. The molecule has 2 heterocycles. The zero-order valence-electron chi connectivity index (χ0n) is 14.0. The van der Waals surface area contributed by atoms with Crippen LogP contribution in [0.15, 0.2) is 46.8 Å². The van der Waals surface area contributed by atoms with Gasteiger partial charge in [0, 0.05) is 23.0 Å². The molecule has 1 saturated heterocycles. The molecule has 6 heteroatoms. The Morgan fingerprint density at radius 2 is 1.84 bits per heavy atom. The summed E-state index contributed by atoms with van der Waals surface area (Å²) in [5.74, 6) is -2.99. The normalized spacial score (nSPS) is 21.0. The molecule has 3 rings (SSSR count). The van der Waals surface area contributed by atoms with E-state index in [2.05, 4.69) is 0 Å². The van der Waals surface area contributed by atoms with Crippen LogP contribution in [0.3, 0.4) is 0 Å². The van der Waals surface area contributed by atoms with Crippen LogP contribution in [-0.2, 0) is 9.59 Å². The molecule has 0 aromatic heterocycles. The van der Waals surface area contributed by atoms with E-state index in [0.717, 1.165) is 25.0 Å². The van der Waals surface area contributed by atoms with Crippen LogP contribution in [0.4, 0.5) is 0 Å². The molecular weight excluding hydrogens is 342 g/mol. The van der Waals surface area contributed by atoms with Crippen LogP contribution in [0, 0.1) is 0 Å². The highest BCUT2D eigenvalue weighted by Gasteiger charge is 2.40.